The Labute approximate surface area is 168 Å². The van der Waals surface area contributed by atoms with Crippen LogP contribution in [0.1, 0.15) is 25.0 Å². The van der Waals surface area contributed by atoms with Crippen LogP contribution in [0.3, 0.4) is 0 Å². The van der Waals surface area contributed by atoms with Crippen LogP contribution in [0.2, 0.25) is 10.0 Å². The second-order valence-electron chi connectivity index (χ2n) is 6.11. The van der Waals surface area contributed by atoms with Crippen molar-refractivity contribution >= 4 is 35.0 Å². The molecule has 1 atom stereocenters. The first-order chi connectivity index (χ1) is 12.8. The number of likely N-dealkylation sites (N-methyl/N-ethyl adjacent to an activating group) is 1. The van der Waals surface area contributed by atoms with Gasteiger partial charge in [0.25, 0.3) is 0 Å². The molecule has 0 spiro atoms. The number of halogens is 3. The first-order valence-corrected chi connectivity index (χ1v) is 9.33. The number of hydrogen-bond acceptors (Lipinski definition) is 2. The van der Waals surface area contributed by atoms with E-state index in [1.165, 1.54) is 11.0 Å². The van der Waals surface area contributed by atoms with E-state index in [1.807, 2.05) is 0 Å². The molecule has 0 heterocycles. The Hall–Kier alpha value is -2.11. The van der Waals surface area contributed by atoms with Gasteiger partial charge < -0.3 is 10.2 Å². The molecule has 0 unspecified atom stereocenters. The highest BCUT2D eigenvalue weighted by molar-refractivity contribution is 6.42. The van der Waals surface area contributed by atoms with Gasteiger partial charge in [-0.2, -0.15) is 0 Å². The Morgan fingerprint density at radius 3 is 2.48 bits per heavy atom. The summed E-state index contributed by atoms with van der Waals surface area (Å²) < 4.78 is 13.9. The van der Waals surface area contributed by atoms with Crippen LogP contribution >= 0.6 is 23.2 Å². The maximum Gasteiger partial charge on any atom is 0.242 e. The fourth-order valence-electron chi connectivity index (χ4n) is 2.65. The average Bonchev–Trinajstić information content (AvgIpc) is 2.64. The highest BCUT2D eigenvalue weighted by atomic mass is 35.5. The van der Waals surface area contributed by atoms with Crippen LogP contribution in [0.5, 0.6) is 0 Å². The topological polar surface area (TPSA) is 49.4 Å². The van der Waals surface area contributed by atoms with Crippen LogP contribution < -0.4 is 5.32 Å². The maximum absolute atomic E-state index is 13.9. The van der Waals surface area contributed by atoms with Crippen molar-refractivity contribution in [2.45, 2.75) is 32.9 Å². The summed E-state index contributed by atoms with van der Waals surface area (Å²) >= 11 is 12.0. The van der Waals surface area contributed by atoms with Gasteiger partial charge >= 0.3 is 0 Å². The lowest BCUT2D eigenvalue weighted by Crippen LogP contribution is -2.48. The van der Waals surface area contributed by atoms with Gasteiger partial charge in [-0.05, 0) is 43.2 Å². The molecule has 4 nitrogen and oxygen atoms in total. The second-order valence-corrected chi connectivity index (χ2v) is 6.92. The van der Waals surface area contributed by atoms with Crippen molar-refractivity contribution < 1.29 is 14.0 Å². The first-order valence-electron chi connectivity index (χ1n) is 8.58. The standard InChI is InChI=1S/C20H21Cl2FN2O2/c1-3-24-20(27)13(2)25(12-14-8-9-16(21)17(22)10-14)19(26)11-15-6-4-5-7-18(15)23/h4-10,13H,3,11-12H2,1-2H3,(H,24,27)/t13-/m1/s1. The minimum atomic E-state index is -0.723. The van der Waals surface area contributed by atoms with E-state index in [2.05, 4.69) is 5.32 Å². The molecule has 27 heavy (non-hydrogen) atoms. The molecule has 1 N–H and O–H groups in total. The van der Waals surface area contributed by atoms with Gasteiger partial charge in [0, 0.05) is 13.1 Å². The smallest absolute Gasteiger partial charge is 0.242 e. The van der Waals surface area contributed by atoms with Crippen molar-refractivity contribution in [3.63, 3.8) is 0 Å². The van der Waals surface area contributed by atoms with E-state index in [4.69, 9.17) is 23.2 Å². The normalized spacial score (nSPS) is 11.7. The summed E-state index contributed by atoms with van der Waals surface area (Å²) in [7, 11) is 0. The third kappa shape index (κ3) is 5.68. The summed E-state index contributed by atoms with van der Waals surface area (Å²) in [4.78, 5) is 26.6. The monoisotopic (exact) mass is 410 g/mol. The van der Waals surface area contributed by atoms with Crippen molar-refractivity contribution in [3.05, 3.63) is 69.5 Å². The summed E-state index contributed by atoms with van der Waals surface area (Å²) in [5.41, 5.74) is 1.01. The van der Waals surface area contributed by atoms with E-state index in [1.54, 1.807) is 50.2 Å². The molecule has 0 bridgehead atoms. The fraction of sp³-hybridized carbons (Fsp3) is 0.300. The van der Waals surface area contributed by atoms with Gasteiger partial charge in [0.2, 0.25) is 11.8 Å². The Morgan fingerprint density at radius 1 is 1.15 bits per heavy atom. The lowest BCUT2D eigenvalue weighted by atomic mass is 10.1. The average molecular weight is 411 g/mol. The molecule has 2 aromatic carbocycles. The lowest BCUT2D eigenvalue weighted by Gasteiger charge is -2.29. The Bertz CT molecular complexity index is 829. The van der Waals surface area contributed by atoms with E-state index >= 15 is 0 Å². The second kappa shape index (κ2) is 9.72. The largest absolute Gasteiger partial charge is 0.355 e. The van der Waals surface area contributed by atoms with Crippen molar-refractivity contribution in [1.29, 1.82) is 0 Å². The van der Waals surface area contributed by atoms with Crippen molar-refractivity contribution in [1.82, 2.24) is 10.2 Å². The predicted molar refractivity (Wildman–Crippen MR) is 105 cm³/mol. The number of benzene rings is 2. The predicted octanol–water partition coefficient (Wildman–Crippen LogP) is 4.23. The molecule has 0 saturated carbocycles. The third-order valence-corrected chi connectivity index (χ3v) is 4.89. The number of carbonyl (C=O) groups is 2. The molecular formula is C20H21Cl2FN2O2. The molecule has 2 aromatic rings. The minimum Gasteiger partial charge on any atom is -0.355 e. The van der Waals surface area contributed by atoms with Crippen molar-refractivity contribution in [2.24, 2.45) is 0 Å². The van der Waals surface area contributed by atoms with Crippen LogP contribution in [-0.2, 0) is 22.6 Å². The molecule has 2 rings (SSSR count). The van der Waals surface area contributed by atoms with E-state index in [9.17, 15) is 14.0 Å². The first kappa shape index (κ1) is 21.2. The summed E-state index contributed by atoms with van der Waals surface area (Å²) in [6.07, 6.45) is -0.141. The van der Waals surface area contributed by atoms with Crippen LogP contribution in [-0.4, -0.2) is 29.3 Å². The van der Waals surface area contributed by atoms with Gasteiger partial charge in [0.1, 0.15) is 11.9 Å². The van der Waals surface area contributed by atoms with E-state index in [-0.39, 0.29) is 30.3 Å². The molecule has 0 aliphatic rings. The molecule has 144 valence electrons. The van der Waals surface area contributed by atoms with E-state index in [0.717, 1.165) is 5.56 Å². The SMILES string of the molecule is CCNC(=O)[C@@H](C)N(Cc1ccc(Cl)c(Cl)c1)C(=O)Cc1ccccc1F. The number of nitrogens with one attached hydrogen (secondary N) is 1. The summed E-state index contributed by atoms with van der Waals surface area (Å²) in [5.74, 6) is -1.09. The zero-order valence-corrected chi connectivity index (χ0v) is 16.6. The van der Waals surface area contributed by atoms with Gasteiger partial charge in [0.05, 0.1) is 16.5 Å². The number of nitrogens with zero attached hydrogens (tertiary/aromatic N) is 1. The van der Waals surface area contributed by atoms with Gasteiger partial charge in [-0.1, -0.05) is 47.5 Å². The number of carbonyl (C=O) groups excluding carboxylic acids is 2. The third-order valence-electron chi connectivity index (χ3n) is 4.15. The Morgan fingerprint density at radius 2 is 1.85 bits per heavy atom. The molecule has 0 aromatic heterocycles. The Balaban J connectivity index is 2.27. The van der Waals surface area contributed by atoms with Gasteiger partial charge in [-0.3, -0.25) is 9.59 Å². The highest BCUT2D eigenvalue weighted by Gasteiger charge is 2.26. The van der Waals surface area contributed by atoms with Crippen LogP contribution in [0.4, 0.5) is 4.39 Å². The molecule has 0 aliphatic carbocycles. The maximum atomic E-state index is 13.9. The summed E-state index contributed by atoms with van der Waals surface area (Å²) in [6.45, 7) is 4.05. The van der Waals surface area contributed by atoms with Crippen molar-refractivity contribution in [2.75, 3.05) is 6.54 Å². The lowest BCUT2D eigenvalue weighted by molar-refractivity contribution is -0.140. The quantitative estimate of drug-likeness (QED) is 0.742. The molecule has 0 fully saturated rings. The van der Waals surface area contributed by atoms with Crippen LogP contribution in [0.25, 0.3) is 0 Å². The molecule has 0 saturated heterocycles. The molecule has 0 radical (unpaired) electrons. The fourth-order valence-corrected chi connectivity index (χ4v) is 2.97. The van der Waals surface area contributed by atoms with Crippen LogP contribution in [0.15, 0.2) is 42.5 Å². The minimum absolute atomic E-state index is 0.141. The Kier molecular flexibility index (Phi) is 7.63. The van der Waals surface area contributed by atoms with Gasteiger partial charge in [0.15, 0.2) is 0 Å². The molecule has 0 aliphatic heterocycles. The van der Waals surface area contributed by atoms with Gasteiger partial charge in [-0.15, -0.1) is 0 Å². The highest BCUT2D eigenvalue weighted by Crippen LogP contribution is 2.24. The molecule has 2 amide bonds. The zero-order chi connectivity index (χ0) is 20.0. The zero-order valence-electron chi connectivity index (χ0n) is 15.1. The molecular weight excluding hydrogens is 390 g/mol. The van der Waals surface area contributed by atoms with E-state index < -0.39 is 11.9 Å². The van der Waals surface area contributed by atoms with Gasteiger partial charge in [-0.25, -0.2) is 4.39 Å². The van der Waals surface area contributed by atoms with E-state index in [0.29, 0.717) is 16.6 Å². The number of hydrogen-bond donors (Lipinski definition) is 1. The number of rotatable bonds is 7. The number of amides is 2. The molecule has 7 heteroatoms. The summed E-state index contributed by atoms with van der Waals surface area (Å²) in [6, 6.07) is 10.4. The van der Waals surface area contributed by atoms with Crippen molar-refractivity contribution in [3.8, 4) is 0 Å². The van der Waals surface area contributed by atoms with Crippen LogP contribution in [0, 0.1) is 5.82 Å². The summed E-state index contributed by atoms with van der Waals surface area (Å²) in [5, 5.41) is 3.47.